The molecule has 6 rings (SSSR count). The van der Waals surface area contributed by atoms with Gasteiger partial charge in [0.05, 0.1) is 26.2 Å². The van der Waals surface area contributed by atoms with Gasteiger partial charge in [0, 0.05) is 33.6 Å². The minimum atomic E-state index is -0.226. The summed E-state index contributed by atoms with van der Waals surface area (Å²) in [5.41, 5.74) is 4.05. The van der Waals surface area contributed by atoms with Gasteiger partial charge in [-0.05, 0) is 59.6 Å². The van der Waals surface area contributed by atoms with E-state index in [2.05, 4.69) is 27.3 Å². The van der Waals surface area contributed by atoms with Crippen molar-refractivity contribution < 1.29 is 14.2 Å². The Kier molecular flexibility index (Phi) is 8.58. The van der Waals surface area contributed by atoms with Crippen LogP contribution in [0.3, 0.4) is 0 Å². The number of H-pyrrole nitrogens is 1. The van der Waals surface area contributed by atoms with Crippen LogP contribution in [0.25, 0.3) is 33.4 Å². The number of ether oxygens (including phenoxy) is 3. The molecule has 0 unspecified atom stereocenters. The number of pyridine rings is 1. The van der Waals surface area contributed by atoms with Gasteiger partial charge in [-0.1, -0.05) is 72.3 Å². The van der Waals surface area contributed by atoms with Crippen molar-refractivity contribution >= 4 is 34.3 Å². The Morgan fingerprint density at radius 2 is 1.50 bits per heavy atom. The van der Waals surface area contributed by atoms with Crippen LogP contribution in [-0.4, -0.2) is 41.1 Å². The first kappa shape index (κ1) is 29.3. The smallest absolute Gasteiger partial charge is 0.263 e. The van der Waals surface area contributed by atoms with Crippen LogP contribution in [-0.2, 0) is 13.0 Å². The number of aromatic amines is 1. The van der Waals surface area contributed by atoms with Crippen molar-refractivity contribution in [2.24, 2.45) is 0 Å². The van der Waals surface area contributed by atoms with Gasteiger partial charge in [-0.2, -0.15) is 0 Å². The standard InChI is InChI=1S/C34H29ClN4O4S/c1-41-27-18-23(19-28(42-2)30(27)43-3)32-37-38-34(39(32)17-16-21-10-6-4-7-11-21)44-31-29(22-12-8-5-9-13-22)25-20-24(35)14-15-26(25)36-33(31)40/h4-15,18-20H,16-17H2,1-3H3,(H,36,40). The normalized spacial score (nSPS) is 11.1. The molecule has 0 aliphatic heterocycles. The van der Waals surface area contributed by atoms with Gasteiger partial charge in [-0.15, -0.1) is 10.2 Å². The Morgan fingerprint density at radius 3 is 2.16 bits per heavy atom. The van der Waals surface area contributed by atoms with Gasteiger partial charge in [0.25, 0.3) is 5.56 Å². The molecule has 0 fully saturated rings. The highest BCUT2D eigenvalue weighted by Crippen LogP contribution is 2.43. The Morgan fingerprint density at radius 1 is 0.818 bits per heavy atom. The number of rotatable bonds is 10. The van der Waals surface area contributed by atoms with E-state index in [1.807, 2.05) is 77.4 Å². The first-order chi connectivity index (χ1) is 21.5. The van der Waals surface area contributed by atoms with Crippen molar-refractivity contribution in [2.45, 2.75) is 23.0 Å². The summed E-state index contributed by atoms with van der Waals surface area (Å²) in [5, 5.41) is 11.2. The summed E-state index contributed by atoms with van der Waals surface area (Å²) in [7, 11) is 4.72. The molecule has 0 bridgehead atoms. The molecule has 0 amide bonds. The van der Waals surface area contributed by atoms with Crippen LogP contribution in [0.5, 0.6) is 17.2 Å². The summed E-state index contributed by atoms with van der Waals surface area (Å²) in [6, 6.07) is 29.2. The second kappa shape index (κ2) is 12.9. The Bertz CT molecular complexity index is 1970. The molecule has 222 valence electrons. The van der Waals surface area contributed by atoms with Gasteiger partial charge in [0.15, 0.2) is 22.5 Å². The first-order valence-electron chi connectivity index (χ1n) is 13.9. The number of halogens is 1. The Labute approximate surface area is 263 Å². The van der Waals surface area contributed by atoms with Crippen molar-refractivity contribution in [3.63, 3.8) is 0 Å². The van der Waals surface area contributed by atoms with E-state index in [0.29, 0.717) is 50.2 Å². The van der Waals surface area contributed by atoms with Crippen LogP contribution in [0.15, 0.2) is 106 Å². The van der Waals surface area contributed by atoms with Crippen LogP contribution in [0.4, 0.5) is 0 Å². The lowest BCUT2D eigenvalue weighted by Crippen LogP contribution is -2.12. The molecule has 0 saturated heterocycles. The van der Waals surface area contributed by atoms with E-state index in [0.717, 1.165) is 34.1 Å². The molecule has 2 aromatic heterocycles. The van der Waals surface area contributed by atoms with Gasteiger partial charge < -0.3 is 23.8 Å². The molecule has 0 radical (unpaired) electrons. The average molecular weight is 625 g/mol. The maximum absolute atomic E-state index is 13.7. The quantitative estimate of drug-likeness (QED) is 0.168. The number of methoxy groups -OCH3 is 3. The van der Waals surface area contributed by atoms with Gasteiger partial charge in [-0.3, -0.25) is 4.79 Å². The molecule has 1 N–H and O–H groups in total. The average Bonchev–Trinajstić information content (AvgIpc) is 3.46. The zero-order valence-corrected chi connectivity index (χ0v) is 25.9. The number of hydrogen-bond donors (Lipinski definition) is 1. The topological polar surface area (TPSA) is 91.3 Å². The van der Waals surface area contributed by atoms with Gasteiger partial charge in [-0.25, -0.2) is 0 Å². The molecule has 0 aliphatic rings. The number of fused-ring (bicyclic) bond motifs is 1. The van der Waals surface area contributed by atoms with E-state index >= 15 is 0 Å². The summed E-state index contributed by atoms with van der Waals surface area (Å²) >= 11 is 7.72. The summed E-state index contributed by atoms with van der Waals surface area (Å²) in [4.78, 5) is 17.2. The highest BCUT2D eigenvalue weighted by molar-refractivity contribution is 7.99. The SMILES string of the molecule is COc1cc(-c2nnc(Sc3c(-c4ccccc4)c4cc(Cl)ccc4[nH]c3=O)n2CCc2ccccc2)cc(OC)c1OC. The molecule has 0 atom stereocenters. The van der Waals surface area contributed by atoms with E-state index in [1.54, 1.807) is 27.4 Å². The summed E-state index contributed by atoms with van der Waals surface area (Å²) in [6.07, 6.45) is 0.721. The van der Waals surface area contributed by atoms with Crippen LogP contribution in [0.2, 0.25) is 5.02 Å². The number of benzene rings is 4. The van der Waals surface area contributed by atoms with E-state index in [4.69, 9.17) is 25.8 Å². The number of aromatic nitrogens is 4. The largest absolute Gasteiger partial charge is 0.493 e. The number of aryl methyl sites for hydroxylation is 1. The third kappa shape index (κ3) is 5.76. The number of nitrogens with zero attached hydrogens (tertiary/aromatic N) is 3. The molecule has 0 saturated carbocycles. The van der Waals surface area contributed by atoms with Crippen LogP contribution in [0, 0.1) is 0 Å². The van der Waals surface area contributed by atoms with Crippen LogP contribution in [0.1, 0.15) is 5.56 Å². The molecule has 0 spiro atoms. The van der Waals surface area contributed by atoms with E-state index < -0.39 is 0 Å². The maximum Gasteiger partial charge on any atom is 0.263 e. The Hall–Kier alpha value is -4.73. The number of hydrogen-bond acceptors (Lipinski definition) is 7. The zero-order valence-electron chi connectivity index (χ0n) is 24.3. The molecule has 10 heteroatoms. The highest BCUT2D eigenvalue weighted by Gasteiger charge is 2.23. The molecule has 2 heterocycles. The van der Waals surface area contributed by atoms with E-state index in [-0.39, 0.29) is 5.56 Å². The Balaban J connectivity index is 1.53. The predicted octanol–water partition coefficient (Wildman–Crippen LogP) is 7.53. The van der Waals surface area contributed by atoms with Gasteiger partial charge in [0.1, 0.15) is 0 Å². The van der Waals surface area contributed by atoms with E-state index in [1.165, 1.54) is 11.8 Å². The van der Waals surface area contributed by atoms with Crippen molar-refractivity contribution in [3.05, 3.63) is 112 Å². The molecule has 6 aromatic rings. The fourth-order valence-electron chi connectivity index (χ4n) is 5.20. The second-order valence-corrected chi connectivity index (χ2v) is 11.3. The second-order valence-electron chi connectivity index (χ2n) is 9.92. The van der Waals surface area contributed by atoms with E-state index in [9.17, 15) is 4.79 Å². The molecular formula is C34H29ClN4O4S. The molecule has 4 aromatic carbocycles. The number of nitrogens with one attached hydrogen (secondary N) is 1. The summed E-state index contributed by atoms with van der Waals surface area (Å²) in [6.45, 7) is 0.559. The maximum atomic E-state index is 13.7. The molecule has 44 heavy (non-hydrogen) atoms. The zero-order chi connectivity index (χ0) is 30.6. The molecule has 0 aliphatic carbocycles. The highest BCUT2D eigenvalue weighted by atomic mass is 35.5. The van der Waals surface area contributed by atoms with Gasteiger partial charge in [0.2, 0.25) is 5.75 Å². The molecular weight excluding hydrogens is 596 g/mol. The van der Waals surface area contributed by atoms with Crippen molar-refractivity contribution in [3.8, 4) is 39.8 Å². The fourth-order valence-corrected chi connectivity index (χ4v) is 6.40. The van der Waals surface area contributed by atoms with Gasteiger partial charge >= 0.3 is 0 Å². The first-order valence-corrected chi connectivity index (χ1v) is 15.1. The lowest BCUT2D eigenvalue weighted by Gasteiger charge is -2.16. The lowest BCUT2D eigenvalue weighted by molar-refractivity contribution is 0.324. The minimum absolute atomic E-state index is 0.226. The fraction of sp³-hybridized carbons (Fsp3) is 0.147. The third-order valence-electron chi connectivity index (χ3n) is 7.29. The minimum Gasteiger partial charge on any atom is -0.493 e. The van der Waals surface area contributed by atoms with Crippen LogP contribution < -0.4 is 19.8 Å². The lowest BCUT2D eigenvalue weighted by atomic mass is 10.0. The van der Waals surface area contributed by atoms with Crippen molar-refractivity contribution in [1.82, 2.24) is 19.7 Å². The van der Waals surface area contributed by atoms with Crippen LogP contribution >= 0.6 is 23.4 Å². The summed E-state index contributed by atoms with van der Waals surface area (Å²) < 4.78 is 18.8. The third-order valence-corrected chi connectivity index (χ3v) is 8.61. The monoisotopic (exact) mass is 624 g/mol. The van der Waals surface area contributed by atoms with Crippen molar-refractivity contribution in [2.75, 3.05) is 21.3 Å². The predicted molar refractivity (Wildman–Crippen MR) is 174 cm³/mol. The van der Waals surface area contributed by atoms with Crippen molar-refractivity contribution in [1.29, 1.82) is 0 Å². The summed E-state index contributed by atoms with van der Waals surface area (Å²) in [5.74, 6) is 2.09. The molecule has 8 nitrogen and oxygen atoms in total.